The van der Waals surface area contributed by atoms with Crippen LogP contribution in [0.2, 0.25) is 0 Å². The van der Waals surface area contributed by atoms with Crippen LogP contribution < -0.4 is 5.32 Å². The van der Waals surface area contributed by atoms with E-state index in [2.05, 4.69) is 36.5 Å². The molecule has 0 bridgehead atoms. The van der Waals surface area contributed by atoms with Gasteiger partial charge >= 0.3 is 0 Å². The molecule has 1 atom stereocenters. The molecule has 2 aromatic rings. The number of rotatable bonds is 5. The van der Waals surface area contributed by atoms with Gasteiger partial charge in [-0.15, -0.1) is 0 Å². The summed E-state index contributed by atoms with van der Waals surface area (Å²) in [5.74, 6) is 1.30. The third-order valence-electron chi connectivity index (χ3n) is 4.11. The van der Waals surface area contributed by atoms with Crippen molar-refractivity contribution in [3.05, 3.63) is 52.9 Å². The second-order valence-electron chi connectivity index (χ2n) is 6.39. The molecule has 22 heavy (non-hydrogen) atoms. The summed E-state index contributed by atoms with van der Waals surface area (Å²) in [7, 11) is 0. The van der Waals surface area contributed by atoms with E-state index in [1.54, 1.807) is 0 Å². The van der Waals surface area contributed by atoms with Crippen LogP contribution in [0.25, 0.3) is 0 Å². The Morgan fingerprint density at radius 3 is 3.05 bits per heavy atom. The fourth-order valence-corrected chi connectivity index (χ4v) is 3.08. The minimum absolute atomic E-state index is 0.0331. The van der Waals surface area contributed by atoms with Crippen LogP contribution in [0.4, 0.5) is 0 Å². The summed E-state index contributed by atoms with van der Waals surface area (Å²) in [6, 6.07) is 10.1. The molecule has 1 aromatic heterocycles. The molecule has 1 aromatic carbocycles. The molecule has 1 unspecified atom stereocenters. The molecule has 0 saturated heterocycles. The summed E-state index contributed by atoms with van der Waals surface area (Å²) >= 11 is 0. The minimum Gasteiger partial charge on any atom is -0.359 e. The van der Waals surface area contributed by atoms with Gasteiger partial charge in [-0.1, -0.05) is 43.3 Å². The number of carbonyl (C=O) groups excluding carboxylic acids is 1. The van der Waals surface area contributed by atoms with Crippen molar-refractivity contribution in [1.29, 1.82) is 0 Å². The first-order valence-electron chi connectivity index (χ1n) is 7.93. The Kier molecular flexibility index (Phi) is 4.27. The number of fused-ring (bicyclic) bond motifs is 1. The van der Waals surface area contributed by atoms with Crippen molar-refractivity contribution in [3.63, 3.8) is 0 Å². The summed E-state index contributed by atoms with van der Waals surface area (Å²) in [5.41, 5.74) is 3.41. The predicted octanol–water partition coefficient (Wildman–Crippen LogP) is 3.22. The van der Waals surface area contributed by atoms with E-state index < -0.39 is 0 Å². The first kappa shape index (κ1) is 14.8. The van der Waals surface area contributed by atoms with Crippen molar-refractivity contribution in [2.45, 2.75) is 45.6 Å². The number of amides is 1. The number of hydrogen-bond donors (Lipinski definition) is 1. The fourth-order valence-electron chi connectivity index (χ4n) is 3.08. The van der Waals surface area contributed by atoms with E-state index in [4.69, 9.17) is 4.52 Å². The van der Waals surface area contributed by atoms with Crippen LogP contribution in [0.15, 0.2) is 34.9 Å². The fraction of sp³-hybridized carbons (Fsp3) is 0.444. The van der Waals surface area contributed by atoms with Crippen molar-refractivity contribution in [1.82, 2.24) is 10.5 Å². The maximum atomic E-state index is 12.4. The van der Waals surface area contributed by atoms with Gasteiger partial charge in [-0.2, -0.15) is 0 Å². The molecule has 1 aliphatic rings. The third kappa shape index (κ3) is 3.21. The number of aryl methyl sites for hydroxylation is 1. The lowest BCUT2D eigenvalue weighted by molar-refractivity contribution is -0.122. The van der Waals surface area contributed by atoms with E-state index in [0.717, 1.165) is 36.3 Å². The number of nitrogens with one attached hydrogen (secondary N) is 1. The van der Waals surface area contributed by atoms with Gasteiger partial charge in [0.2, 0.25) is 5.91 Å². The second-order valence-corrected chi connectivity index (χ2v) is 6.39. The van der Waals surface area contributed by atoms with E-state index in [0.29, 0.717) is 12.5 Å². The van der Waals surface area contributed by atoms with Crippen molar-refractivity contribution in [2.75, 3.05) is 0 Å². The van der Waals surface area contributed by atoms with Crippen molar-refractivity contribution in [3.8, 4) is 0 Å². The smallest absolute Gasteiger partial charge is 0.227 e. The Morgan fingerprint density at radius 1 is 1.41 bits per heavy atom. The Balaban J connectivity index is 1.58. The molecular formula is C18H22N2O2. The van der Waals surface area contributed by atoms with Crippen LogP contribution in [-0.2, 0) is 24.2 Å². The van der Waals surface area contributed by atoms with Crippen molar-refractivity contribution >= 4 is 5.91 Å². The van der Waals surface area contributed by atoms with Crippen LogP contribution in [0.5, 0.6) is 0 Å². The summed E-state index contributed by atoms with van der Waals surface area (Å²) in [4.78, 5) is 12.4. The average molecular weight is 298 g/mol. The molecule has 4 nitrogen and oxygen atoms in total. The van der Waals surface area contributed by atoms with Crippen LogP contribution in [0.1, 0.15) is 48.8 Å². The lowest BCUT2D eigenvalue weighted by atomic mass is 10.0. The van der Waals surface area contributed by atoms with E-state index in [1.165, 1.54) is 5.56 Å². The van der Waals surface area contributed by atoms with Gasteiger partial charge in [0.05, 0.1) is 18.2 Å². The molecule has 1 amide bonds. The van der Waals surface area contributed by atoms with Gasteiger partial charge in [-0.25, -0.2) is 0 Å². The third-order valence-corrected chi connectivity index (χ3v) is 4.11. The Morgan fingerprint density at radius 2 is 2.23 bits per heavy atom. The van der Waals surface area contributed by atoms with E-state index in [9.17, 15) is 4.79 Å². The van der Waals surface area contributed by atoms with Gasteiger partial charge in [-0.3, -0.25) is 4.79 Å². The minimum atomic E-state index is -0.0331. The molecule has 1 heterocycles. The summed E-state index contributed by atoms with van der Waals surface area (Å²) < 4.78 is 5.28. The molecule has 1 N–H and O–H groups in total. The van der Waals surface area contributed by atoms with Gasteiger partial charge < -0.3 is 9.84 Å². The SMILES string of the molecule is CC(C)Cc1cc(CNC(=O)C2CCc3ccccc32)on1. The topological polar surface area (TPSA) is 55.1 Å². The predicted molar refractivity (Wildman–Crippen MR) is 84.4 cm³/mol. The van der Waals surface area contributed by atoms with Crippen LogP contribution in [0.3, 0.4) is 0 Å². The summed E-state index contributed by atoms with van der Waals surface area (Å²) in [5, 5.41) is 7.02. The highest BCUT2D eigenvalue weighted by Crippen LogP contribution is 2.32. The molecule has 3 rings (SSSR count). The number of carbonyl (C=O) groups is 1. The van der Waals surface area contributed by atoms with E-state index in [-0.39, 0.29) is 11.8 Å². The van der Waals surface area contributed by atoms with Crippen LogP contribution in [-0.4, -0.2) is 11.1 Å². The van der Waals surface area contributed by atoms with Crippen LogP contribution >= 0.6 is 0 Å². The van der Waals surface area contributed by atoms with Crippen molar-refractivity contribution in [2.24, 2.45) is 5.92 Å². The zero-order valence-electron chi connectivity index (χ0n) is 13.1. The largest absolute Gasteiger partial charge is 0.359 e. The monoisotopic (exact) mass is 298 g/mol. The molecule has 0 spiro atoms. The van der Waals surface area contributed by atoms with E-state index in [1.807, 2.05) is 18.2 Å². The molecule has 1 aliphatic carbocycles. The summed E-state index contributed by atoms with van der Waals surface area (Å²) in [6.07, 6.45) is 2.77. The Bertz CT molecular complexity index is 661. The number of aromatic nitrogens is 1. The average Bonchev–Trinajstić information content (AvgIpc) is 3.10. The summed E-state index contributed by atoms with van der Waals surface area (Å²) in [6.45, 7) is 4.70. The molecule has 0 aliphatic heterocycles. The molecule has 116 valence electrons. The number of benzene rings is 1. The Hall–Kier alpha value is -2.10. The first-order chi connectivity index (χ1) is 10.6. The van der Waals surface area contributed by atoms with Gasteiger partial charge in [-0.05, 0) is 36.3 Å². The molecule has 0 fully saturated rings. The maximum absolute atomic E-state index is 12.4. The van der Waals surface area contributed by atoms with Gasteiger partial charge in [0.25, 0.3) is 0 Å². The zero-order chi connectivity index (χ0) is 15.5. The molecule has 4 heteroatoms. The highest BCUT2D eigenvalue weighted by atomic mass is 16.5. The lowest BCUT2D eigenvalue weighted by Crippen LogP contribution is -2.27. The quantitative estimate of drug-likeness (QED) is 0.922. The van der Waals surface area contributed by atoms with Gasteiger partial charge in [0.1, 0.15) is 0 Å². The van der Waals surface area contributed by atoms with Gasteiger partial charge in [0, 0.05) is 6.07 Å². The normalized spacial score (nSPS) is 16.8. The first-order valence-corrected chi connectivity index (χ1v) is 7.93. The molecule has 0 saturated carbocycles. The second kappa shape index (κ2) is 6.34. The zero-order valence-corrected chi connectivity index (χ0v) is 13.1. The lowest BCUT2D eigenvalue weighted by Gasteiger charge is -2.11. The standard InChI is InChI=1S/C18H22N2O2/c1-12(2)9-14-10-15(22-20-14)11-19-18(21)17-8-7-13-5-3-4-6-16(13)17/h3-6,10,12,17H,7-9,11H2,1-2H3,(H,19,21). The Labute approximate surface area is 130 Å². The van der Waals surface area contributed by atoms with Crippen molar-refractivity contribution < 1.29 is 9.32 Å². The molecular weight excluding hydrogens is 276 g/mol. The maximum Gasteiger partial charge on any atom is 0.227 e. The van der Waals surface area contributed by atoms with Crippen LogP contribution in [0, 0.1) is 5.92 Å². The van der Waals surface area contributed by atoms with Gasteiger partial charge in [0.15, 0.2) is 5.76 Å². The number of nitrogens with zero attached hydrogens (tertiary/aromatic N) is 1. The number of hydrogen-bond acceptors (Lipinski definition) is 3. The van der Waals surface area contributed by atoms with E-state index >= 15 is 0 Å². The highest BCUT2D eigenvalue weighted by molar-refractivity contribution is 5.84. The highest BCUT2D eigenvalue weighted by Gasteiger charge is 2.28. The molecule has 0 radical (unpaired) electrons.